The molecule has 3 aromatic heterocycles. The first-order valence-electron chi connectivity index (χ1n) is 7.30. The van der Waals surface area contributed by atoms with Crippen molar-refractivity contribution in [2.24, 2.45) is 0 Å². The lowest BCUT2D eigenvalue weighted by molar-refractivity contribution is 0.102. The lowest BCUT2D eigenvalue weighted by Crippen LogP contribution is -2.14. The first-order chi connectivity index (χ1) is 12.4. The van der Waals surface area contributed by atoms with E-state index in [1.54, 1.807) is 16.8 Å². The van der Waals surface area contributed by atoms with Crippen LogP contribution in [0.25, 0.3) is 15.3 Å². The molecule has 4 rings (SSSR count). The van der Waals surface area contributed by atoms with Gasteiger partial charge in [0.15, 0.2) is 0 Å². The Morgan fingerprint density at radius 2 is 2.00 bits per heavy atom. The number of thiophene rings is 1. The summed E-state index contributed by atoms with van der Waals surface area (Å²) in [5.74, 6) is 0.125. The van der Waals surface area contributed by atoms with E-state index in [1.165, 1.54) is 17.4 Å². The van der Waals surface area contributed by atoms with E-state index < -0.39 is 0 Å². The standard InChI is InChI=1S/C16H9Cl3N4OS2/c1-7-5-12(20-15(24)8-6-11(18)26-14(8)19)23(22-7)16-21-13-9(17)3-2-4-10(13)25-16/h2-6H,1H3,(H,20,24). The van der Waals surface area contributed by atoms with Gasteiger partial charge in [0, 0.05) is 6.07 Å². The number of aromatic nitrogens is 3. The van der Waals surface area contributed by atoms with E-state index in [2.05, 4.69) is 15.4 Å². The summed E-state index contributed by atoms with van der Waals surface area (Å²) in [6.45, 7) is 1.83. The molecule has 1 amide bonds. The number of para-hydroxylation sites is 1. The van der Waals surface area contributed by atoms with Crippen molar-refractivity contribution < 1.29 is 4.79 Å². The number of hydrogen-bond acceptors (Lipinski definition) is 5. The molecular formula is C16H9Cl3N4OS2. The van der Waals surface area contributed by atoms with E-state index in [-0.39, 0.29) is 5.91 Å². The van der Waals surface area contributed by atoms with Crippen molar-refractivity contribution in [2.75, 3.05) is 5.32 Å². The van der Waals surface area contributed by atoms with Gasteiger partial charge in [0.05, 0.1) is 25.3 Å². The number of carbonyl (C=O) groups is 1. The second kappa shape index (κ2) is 6.83. The van der Waals surface area contributed by atoms with Crippen molar-refractivity contribution in [1.82, 2.24) is 14.8 Å². The Labute approximate surface area is 171 Å². The molecule has 3 heterocycles. The zero-order chi connectivity index (χ0) is 18.4. The summed E-state index contributed by atoms with van der Waals surface area (Å²) in [5.41, 5.74) is 1.76. The summed E-state index contributed by atoms with van der Waals surface area (Å²) in [6, 6.07) is 8.88. The van der Waals surface area contributed by atoms with Gasteiger partial charge < -0.3 is 5.32 Å². The molecule has 0 saturated heterocycles. The number of thiazole rings is 1. The summed E-state index contributed by atoms with van der Waals surface area (Å²) < 4.78 is 3.30. The summed E-state index contributed by atoms with van der Waals surface area (Å²) in [5, 5.41) is 8.42. The number of benzene rings is 1. The van der Waals surface area contributed by atoms with Crippen LogP contribution in [-0.2, 0) is 0 Å². The molecule has 0 aliphatic carbocycles. The molecule has 4 aromatic rings. The van der Waals surface area contributed by atoms with Crippen LogP contribution in [0.2, 0.25) is 13.7 Å². The molecule has 26 heavy (non-hydrogen) atoms. The zero-order valence-corrected chi connectivity index (χ0v) is 17.0. The summed E-state index contributed by atoms with van der Waals surface area (Å²) in [6.07, 6.45) is 0. The number of nitrogens with zero attached hydrogens (tertiary/aromatic N) is 3. The second-order valence-electron chi connectivity index (χ2n) is 5.36. The smallest absolute Gasteiger partial charge is 0.259 e. The highest BCUT2D eigenvalue weighted by Gasteiger charge is 2.19. The van der Waals surface area contributed by atoms with Gasteiger partial charge in [-0.05, 0) is 25.1 Å². The molecule has 0 bridgehead atoms. The third-order valence-electron chi connectivity index (χ3n) is 3.51. The highest BCUT2D eigenvalue weighted by Crippen LogP contribution is 2.33. The number of nitrogens with one attached hydrogen (secondary N) is 1. The molecule has 0 atom stereocenters. The minimum atomic E-state index is -0.363. The Balaban J connectivity index is 1.73. The van der Waals surface area contributed by atoms with E-state index >= 15 is 0 Å². The van der Waals surface area contributed by atoms with Crippen molar-refractivity contribution in [1.29, 1.82) is 0 Å². The first-order valence-corrected chi connectivity index (χ1v) is 10.1. The van der Waals surface area contributed by atoms with Crippen molar-refractivity contribution in [3.8, 4) is 5.13 Å². The number of aryl methyl sites for hydroxylation is 1. The van der Waals surface area contributed by atoms with Crippen molar-refractivity contribution >= 4 is 79.4 Å². The molecule has 0 spiro atoms. The first kappa shape index (κ1) is 17.8. The van der Waals surface area contributed by atoms with Crippen LogP contribution in [0.1, 0.15) is 16.1 Å². The fourth-order valence-corrected chi connectivity index (χ4v) is 5.10. The van der Waals surface area contributed by atoms with Crippen molar-refractivity contribution in [2.45, 2.75) is 6.92 Å². The number of fused-ring (bicyclic) bond motifs is 1. The van der Waals surface area contributed by atoms with Gasteiger partial charge in [0.2, 0.25) is 5.13 Å². The third-order valence-corrected chi connectivity index (χ3v) is 6.30. The lowest BCUT2D eigenvalue weighted by atomic mass is 10.3. The molecule has 0 aliphatic rings. The Morgan fingerprint density at radius 1 is 1.19 bits per heavy atom. The van der Waals surface area contributed by atoms with Crippen LogP contribution in [0.5, 0.6) is 0 Å². The lowest BCUT2D eigenvalue weighted by Gasteiger charge is -2.05. The molecule has 132 valence electrons. The quantitative estimate of drug-likeness (QED) is 0.418. The van der Waals surface area contributed by atoms with Gasteiger partial charge in [-0.25, -0.2) is 4.98 Å². The number of anilines is 1. The average Bonchev–Trinajstić information content (AvgIpc) is 3.25. The van der Waals surface area contributed by atoms with Gasteiger partial charge in [-0.3, -0.25) is 4.79 Å². The van der Waals surface area contributed by atoms with Crippen LogP contribution < -0.4 is 5.32 Å². The average molecular weight is 444 g/mol. The summed E-state index contributed by atoms with van der Waals surface area (Å²) in [4.78, 5) is 17.1. The molecular weight excluding hydrogens is 435 g/mol. The highest BCUT2D eigenvalue weighted by molar-refractivity contribution is 7.21. The fourth-order valence-electron chi connectivity index (χ4n) is 2.41. The Hall–Kier alpha value is -1.64. The fraction of sp³-hybridized carbons (Fsp3) is 0.0625. The SMILES string of the molecule is Cc1cc(NC(=O)c2cc(Cl)sc2Cl)n(-c2nc3c(Cl)cccc3s2)n1. The summed E-state index contributed by atoms with van der Waals surface area (Å²) >= 11 is 20.8. The van der Waals surface area contributed by atoms with Gasteiger partial charge in [0.1, 0.15) is 15.7 Å². The Morgan fingerprint density at radius 3 is 2.69 bits per heavy atom. The second-order valence-corrected chi connectivity index (χ2v) is 9.06. The predicted octanol–water partition coefficient (Wildman–Crippen LogP) is 6.06. The molecule has 0 unspecified atom stereocenters. The largest absolute Gasteiger partial charge is 0.306 e. The molecule has 5 nitrogen and oxygen atoms in total. The van der Waals surface area contributed by atoms with Gasteiger partial charge in [0.25, 0.3) is 5.91 Å². The van der Waals surface area contributed by atoms with E-state index in [1.807, 2.05) is 19.1 Å². The summed E-state index contributed by atoms with van der Waals surface area (Å²) in [7, 11) is 0. The maximum atomic E-state index is 12.5. The Bertz CT molecular complexity index is 1150. The maximum absolute atomic E-state index is 12.5. The third kappa shape index (κ3) is 3.21. The number of hydrogen-bond donors (Lipinski definition) is 1. The Kier molecular flexibility index (Phi) is 4.66. The van der Waals surface area contributed by atoms with E-state index in [4.69, 9.17) is 34.8 Å². The van der Waals surface area contributed by atoms with Crippen LogP contribution in [0.3, 0.4) is 0 Å². The zero-order valence-electron chi connectivity index (χ0n) is 13.1. The molecule has 10 heteroatoms. The van der Waals surface area contributed by atoms with Crippen molar-refractivity contribution in [3.63, 3.8) is 0 Å². The van der Waals surface area contributed by atoms with E-state index in [0.29, 0.717) is 35.7 Å². The highest BCUT2D eigenvalue weighted by atomic mass is 35.5. The van der Waals surface area contributed by atoms with Gasteiger partial charge in [-0.2, -0.15) is 9.78 Å². The van der Waals surface area contributed by atoms with Crippen LogP contribution in [0.15, 0.2) is 30.3 Å². The minimum Gasteiger partial charge on any atom is -0.306 e. The molecule has 0 radical (unpaired) electrons. The normalized spacial score (nSPS) is 11.2. The van der Waals surface area contributed by atoms with Gasteiger partial charge >= 0.3 is 0 Å². The minimum absolute atomic E-state index is 0.319. The molecule has 1 N–H and O–H groups in total. The van der Waals surface area contributed by atoms with E-state index in [0.717, 1.165) is 21.7 Å². The van der Waals surface area contributed by atoms with Gasteiger partial charge in [-0.1, -0.05) is 52.2 Å². The van der Waals surface area contributed by atoms with Gasteiger partial charge in [-0.15, -0.1) is 11.3 Å². The monoisotopic (exact) mass is 442 g/mol. The molecule has 0 aliphatic heterocycles. The van der Waals surface area contributed by atoms with Crippen LogP contribution in [0, 0.1) is 6.92 Å². The molecule has 1 aromatic carbocycles. The van der Waals surface area contributed by atoms with E-state index in [9.17, 15) is 4.79 Å². The van der Waals surface area contributed by atoms with Crippen LogP contribution in [-0.4, -0.2) is 20.7 Å². The predicted molar refractivity (Wildman–Crippen MR) is 109 cm³/mol. The topological polar surface area (TPSA) is 59.8 Å². The van der Waals surface area contributed by atoms with Crippen molar-refractivity contribution in [3.05, 3.63) is 55.3 Å². The number of rotatable bonds is 3. The van der Waals surface area contributed by atoms with Crippen LogP contribution in [0.4, 0.5) is 5.82 Å². The number of amides is 1. The number of halogens is 3. The number of carbonyl (C=O) groups excluding carboxylic acids is 1. The van der Waals surface area contributed by atoms with Crippen LogP contribution >= 0.6 is 57.5 Å². The maximum Gasteiger partial charge on any atom is 0.259 e. The molecule has 0 fully saturated rings. The molecule has 0 saturated carbocycles.